The molecule has 0 aliphatic rings. The Hall–Kier alpha value is -2.10. The highest BCUT2D eigenvalue weighted by molar-refractivity contribution is 7.92. The Morgan fingerprint density at radius 1 is 1.20 bits per heavy atom. The molecule has 2 rings (SSSR count). The number of nitrogens with zero attached hydrogens (tertiary/aromatic N) is 1. The molecule has 2 aromatic carbocycles. The lowest BCUT2D eigenvalue weighted by atomic mass is 10.2. The third kappa shape index (κ3) is 3.07. The lowest BCUT2D eigenvalue weighted by Crippen LogP contribution is -2.14. The Morgan fingerprint density at radius 2 is 1.95 bits per heavy atom. The van der Waals surface area contributed by atoms with Crippen LogP contribution in [0.3, 0.4) is 0 Å². The number of rotatable bonds is 3. The Morgan fingerprint density at radius 3 is 2.60 bits per heavy atom. The summed E-state index contributed by atoms with van der Waals surface area (Å²) in [5.74, 6) is -0.667. The molecular formula is C13H8ClFN2O2S. The summed E-state index contributed by atoms with van der Waals surface area (Å²) in [5.41, 5.74) is 0.165. The fraction of sp³-hybridized carbons (Fsp3) is 0. The Kier molecular flexibility index (Phi) is 3.93. The average Bonchev–Trinajstić information content (AvgIpc) is 2.38. The highest BCUT2D eigenvalue weighted by atomic mass is 35.5. The fourth-order valence-electron chi connectivity index (χ4n) is 1.54. The van der Waals surface area contributed by atoms with E-state index in [9.17, 15) is 12.8 Å². The molecule has 0 saturated carbocycles. The predicted molar refractivity (Wildman–Crippen MR) is 73.4 cm³/mol. The van der Waals surface area contributed by atoms with E-state index in [0.717, 1.165) is 12.1 Å². The maximum atomic E-state index is 13.1. The van der Waals surface area contributed by atoms with Crippen molar-refractivity contribution >= 4 is 27.3 Å². The number of halogens is 2. The van der Waals surface area contributed by atoms with Crippen LogP contribution in [0.2, 0.25) is 5.02 Å². The molecule has 0 aliphatic heterocycles. The van der Waals surface area contributed by atoms with E-state index in [1.165, 1.54) is 30.3 Å². The maximum absolute atomic E-state index is 13.1. The van der Waals surface area contributed by atoms with Crippen molar-refractivity contribution in [2.24, 2.45) is 0 Å². The first-order valence-corrected chi connectivity index (χ1v) is 7.26. The van der Waals surface area contributed by atoms with Gasteiger partial charge in [-0.25, -0.2) is 12.8 Å². The van der Waals surface area contributed by atoms with Crippen LogP contribution < -0.4 is 4.72 Å². The molecule has 0 spiro atoms. The smallest absolute Gasteiger partial charge is 0.262 e. The summed E-state index contributed by atoms with van der Waals surface area (Å²) in [4.78, 5) is -0.235. The van der Waals surface area contributed by atoms with Crippen molar-refractivity contribution in [1.82, 2.24) is 0 Å². The first-order chi connectivity index (χ1) is 9.42. The zero-order valence-corrected chi connectivity index (χ0v) is 11.5. The molecule has 0 heterocycles. The fourth-order valence-corrected chi connectivity index (χ4v) is 2.81. The van der Waals surface area contributed by atoms with Gasteiger partial charge < -0.3 is 0 Å². The van der Waals surface area contributed by atoms with Crippen molar-refractivity contribution in [3.8, 4) is 6.07 Å². The van der Waals surface area contributed by atoms with Gasteiger partial charge in [-0.05, 0) is 36.4 Å². The van der Waals surface area contributed by atoms with Crippen LogP contribution in [0.25, 0.3) is 0 Å². The summed E-state index contributed by atoms with van der Waals surface area (Å²) < 4.78 is 39.5. The van der Waals surface area contributed by atoms with Crippen molar-refractivity contribution in [2.45, 2.75) is 4.90 Å². The van der Waals surface area contributed by atoms with Crippen molar-refractivity contribution in [1.29, 1.82) is 5.26 Å². The van der Waals surface area contributed by atoms with Gasteiger partial charge in [0.2, 0.25) is 0 Å². The number of nitrogens with one attached hydrogen (secondary N) is 1. The third-order valence-electron chi connectivity index (χ3n) is 2.45. The van der Waals surface area contributed by atoms with Crippen molar-refractivity contribution in [2.75, 3.05) is 4.72 Å². The van der Waals surface area contributed by atoms with Gasteiger partial charge >= 0.3 is 0 Å². The molecule has 102 valence electrons. The van der Waals surface area contributed by atoms with Gasteiger partial charge in [-0.2, -0.15) is 5.26 Å². The molecule has 0 saturated heterocycles. The summed E-state index contributed by atoms with van der Waals surface area (Å²) in [5, 5.41) is 9.21. The number of sulfonamides is 1. The third-order valence-corrected chi connectivity index (χ3v) is 4.05. The van der Waals surface area contributed by atoms with Crippen LogP contribution in [0.1, 0.15) is 5.56 Å². The molecule has 0 unspecified atom stereocenters. The number of nitriles is 1. The van der Waals surface area contributed by atoms with E-state index in [1.54, 1.807) is 0 Å². The normalized spacial score (nSPS) is 10.8. The van der Waals surface area contributed by atoms with Gasteiger partial charge in [-0.3, -0.25) is 4.72 Å². The number of hydrogen-bond donors (Lipinski definition) is 1. The van der Waals surface area contributed by atoms with E-state index in [0.29, 0.717) is 0 Å². The Labute approximate surface area is 120 Å². The number of anilines is 1. The SMILES string of the molecule is N#Cc1ccc(Cl)cc1NS(=O)(=O)c1cccc(F)c1. The number of hydrogen-bond acceptors (Lipinski definition) is 3. The van der Waals surface area contributed by atoms with Crippen molar-refractivity contribution in [3.05, 3.63) is 58.9 Å². The van der Waals surface area contributed by atoms with Gasteiger partial charge in [0.1, 0.15) is 11.9 Å². The molecule has 0 atom stereocenters. The highest BCUT2D eigenvalue weighted by Gasteiger charge is 2.17. The molecule has 1 N–H and O–H groups in total. The molecular weight excluding hydrogens is 303 g/mol. The average molecular weight is 311 g/mol. The highest BCUT2D eigenvalue weighted by Crippen LogP contribution is 2.23. The first-order valence-electron chi connectivity index (χ1n) is 5.40. The van der Waals surface area contributed by atoms with E-state index in [2.05, 4.69) is 4.72 Å². The monoisotopic (exact) mass is 310 g/mol. The van der Waals surface area contributed by atoms with Crippen molar-refractivity contribution < 1.29 is 12.8 Å². The van der Waals surface area contributed by atoms with Crippen LogP contribution in [0.5, 0.6) is 0 Å². The lowest BCUT2D eigenvalue weighted by molar-refractivity contribution is 0.595. The summed E-state index contributed by atoms with van der Waals surface area (Å²) in [6.07, 6.45) is 0. The summed E-state index contributed by atoms with van der Waals surface area (Å²) >= 11 is 5.77. The zero-order chi connectivity index (χ0) is 14.8. The van der Waals surface area contributed by atoms with Gasteiger partial charge in [-0.15, -0.1) is 0 Å². The predicted octanol–water partition coefficient (Wildman–Crippen LogP) is 3.15. The van der Waals surface area contributed by atoms with Gasteiger partial charge in [0.15, 0.2) is 0 Å². The zero-order valence-electron chi connectivity index (χ0n) is 9.97. The molecule has 0 radical (unpaired) electrons. The van der Waals surface area contributed by atoms with Crippen LogP contribution in [0, 0.1) is 17.1 Å². The number of benzene rings is 2. The van der Waals surface area contributed by atoms with Gasteiger partial charge in [0.05, 0.1) is 16.1 Å². The second-order valence-electron chi connectivity index (χ2n) is 3.86. The molecule has 4 nitrogen and oxygen atoms in total. The molecule has 2 aromatic rings. The maximum Gasteiger partial charge on any atom is 0.262 e. The van der Waals surface area contributed by atoms with E-state index in [-0.39, 0.29) is 21.2 Å². The van der Waals surface area contributed by atoms with E-state index in [1.807, 2.05) is 6.07 Å². The second-order valence-corrected chi connectivity index (χ2v) is 5.98. The van der Waals surface area contributed by atoms with Gasteiger partial charge in [0, 0.05) is 5.02 Å². The second kappa shape index (κ2) is 5.49. The molecule has 7 heteroatoms. The van der Waals surface area contributed by atoms with Gasteiger partial charge in [-0.1, -0.05) is 17.7 Å². The van der Waals surface area contributed by atoms with Crippen LogP contribution in [0.4, 0.5) is 10.1 Å². The summed E-state index contributed by atoms with van der Waals surface area (Å²) in [6.45, 7) is 0. The van der Waals surface area contributed by atoms with Crippen LogP contribution in [0.15, 0.2) is 47.4 Å². The molecule has 0 bridgehead atoms. The first kappa shape index (κ1) is 14.3. The molecule has 20 heavy (non-hydrogen) atoms. The lowest BCUT2D eigenvalue weighted by Gasteiger charge is -2.09. The molecule has 0 aromatic heterocycles. The molecule has 0 aliphatic carbocycles. The standard InChI is InChI=1S/C13H8ClFN2O2S/c14-10-5-4-9(8-16)13(6-10)17-20(18,19)12-3-1-2-11(15)7-12/h1-7,17H. The Balaban J connectivity index is 2.44. The van der Waals surface area contributed by atoms with Crippen LogP contribution >= 0.6 is 11.6 Å². The minimum Gasteiger partial charge on any atom is -0.278 e. The van der Waals surface area contributed by atoms with E-state index >= 15 is 0 Å². The van der Waals surface area contributed by atoms with E-state index in [4.69, 9.17) is 16.9 Å². The largest absolute Gasteiger partial charge is 0.278 e. The minimum atomic E-state index is -3.98. The minimum absolute atomic E-state index is 0.0456. The molecule has 0 fully saturated rings. The summed E-state index contributed by atoms with van der Waals surface area (Å²) in [7, 11) is -3.98. The van der Waals surface area contributed by atoms with Gasteiger partial charge in [0.25, 0.3) is 10.0 Å². The van der Waals surface area contributed by atoms with Crippen molar-refractivity contribution in [3.63, 3.8) is 0 Å². The Bertz CT molecular complexity index is 800. The quantitative estimate of drug-likeness (QED) is 0.946. The van der Waals surface area contributed by atoms with E-state index < -0.39 is 15.8 Å². The molecule has 0 amide bonds. The summed E-state index contributed by atoms with van der Waals surface area (Å²) in [6, 6.07) is 10.6. The topological polar surface area (TPSA) is 70.0 Å². The van der Waals surface area contributed by atoms with Crippen LogP contribution in [-0.4, -0.2) is 8.42 Å². The van der Waals surface area contributed by atoms with Crippen LogP contribution in [-0.2, 0) is 10.0 Å².